The van der Waals surface area contributed by atoms with Crippen LogP contribution in [-0.4, -0.2) is 40.0 Å². The van der Waals surface area contributed by atoms with Gasteiger partial charge < -0.3 is 10.6 Å². The highest BCUT2D eigenvalue weighted by molar-refractivity contribution is 6.47. The van der Waals surface area contributed by atoms with E-state index in [2.05, 4.69) is 37.1 Å². The van der Waals surface area contributed by atoms with Crippen molar-refractivity contribution < 1.29 is 4.79 Å². The van der Waals surface area contributed by atoms with Crippen LogP contribution in [0.25, 0.3) is 0 Å². The molecule has 1 amide bonds. The van der Waals surface area contributed by atoms with Crippen LogP contribution in [0, 0.1) is 11.3 Å². The maximum Gasteiger partial charge on any atom is 0.221 e. The molecule has 1 atom stereocenters. The number of anilines is 2. The Bertz CT molecular complexity index is 1070. The Morgan fingerprint density at radius 1 is 1.31 bits per heavy atom. The molecule has 4 rings (SSSR count). The second-order valence-corrected chi connectivity index (χ2v) is 6.42. The van der Waals surface area contributed by atoms with Crippen LogP contribution in [0.1, 0.15) is 6.92 Å². The summed E-state index contributed by atoms with van der Waals surface area (Å²) in [6.07, 6.45) is 3.48. The lowest BCUT2D eigenvalue weighted by Gasteiger charge is -2.31. The fourth-order valence-corrected chi connectivity index (χ4v) is 3.00. The average molecular weight is 386 g/mol. The van der Waals surface area contributed by atoms with Crippen LogP contribution < -0.4 is 16.1 Å². The predicted octanol–water partition coefficient (Wildman–Crippen LogP) is 2.19. The Morgan fingerprint density at radius 3 is 2.93 bits per heavy atom. The Hall–Kier alpha value is -4.19. The number of hydrogen-bond acceptors (Lipinski definition) is 8. The van der Waals surface area contributed by atoms with Gasteiger partial charge in [0.1, 0.15) is 11.5 Å². The third-order valence-corrected chi connectivity index (χ3v) is 4.20. The van der Waals surface area contributed by atoms with Crippen molar-refractivity contribution >= 4 is 34.6 Å². The number of amides is 1. The molecule has 0 fully saturated rings. The lowest BCUT2D eigenvalue weighted by atomic mass is 10.2. The van der Waals surface area contributed by atoms with Crippen LogP contribution in [0.2, 0.25) is 0 Å². The number of fused-ring (bicyclic) bond motifs is 1. The van der Waals surface area contributed by atoms with Gasteiger partial charge in [-0.15, -0.1) is 0 Å². The standard InChI is InChI=1S/C20H18N8O/c1-13(29)24-14-5-4-6-15(9-14)25-19-10-17(26-18-7-2-3-8-22-18)20-23-12-16(11-21)28(20)27-19/h2-10,16,25,27H,12H2,1H3,(H,24,29). The molecule has 3 heterocycles. The number of rotatable bonds is 4. The molecule has 9 nitrogen and oxygen atoms in total. The fraction of sp³-hybridized carbons (Fsp3) is 0.150. The predicted molar refractivity (Wildman–Crippen MR) is 110 cm³/mol. The molecule has 2 aromatic rings. The monoisotopic (exact) mass is 386 g/mol. The molecule has 1 aromatic heterocycles. The average Bonchev–Trinajstić information content (AvgIpc) is 3.12. The summed E-state index contributed by atoms with van der Waals surface area (Å²) in [5.74, 6) is 1.63. The molecular weight excluding hydrogens is 368 g/mol. The highest BCUT2D eigenvalue weighted by Gasteiger charge is 2.34. The van der Waals surface area contributed by atoms with Gasteiger partial charge in [-0.25, -0.2) is 15.0 Å². The maximum atomic E-state index is 11.3. The SMILES string of the molecule is CC(=O)Nc1cccc(NC2=CC(=Nc3ccccn3)C3=NCC(C#N)N3N2)c1. The number of aromatic nitrogens is 1. The molecule has 0 saturated heterocycles. The van der Waals surface area contributed by atoms with E-state index in [0.29, 0.717) is 35.4 Å². The topological polar surface area (TPSA) is 118 Å². The molecular formula is C20H18N8O. The van der Waals surface area contributed by atoms with Gasteiger partial charge in [0, 0.05) is 30.6 Å². The van der Waals surface area contributed by atoms with E-state index >= 15 is 0 Å². The highest BCUT2D eigenvalue weighted by Crippen LogP contribution is 2.21. The van der Waals surface area contributed by atoms with Crippen molar-refractivity contribution in [3.05, 3.63) is 60.6 Å². The van der Waals surface area contributed by atoms with Crippen LogP contribution in [0.15, 0.2) is 70.5 Å². The number of benzene rings is 1. The molecule has 0 radical (unpaired) electrons. The fourth-order valence-electron chi connectivity index (χ4n) is 3.00. The zero-order chi connectivity index (χ0) is 20.2. The summed E-state index contributed by atoms with van der Waals surface area (Å²) in [5, 5.41) is 17.1. The first-order valence-corrected chi connectivity index (χ1v) is 8.99. The summed E-state index contributed by atoms with van der Waals surface area (Å²) in [7, 11) is 0. The third kappa shape index (κ3) is 4.06. The number of nitriles is 1. The van der Waals surface area contributed by atoms with Crippen molar-refractivity contribution in [3.8, 4) is 6.07 Å². The Morgan fingerprint density at radius 2 is 2.17 bits per heavy atom. The Kier molecular flexibility index (Phi) is 4.90. The smallest absolute Gasteiger partial charge is 0.221 e. The van der Waals surface area contributed by atoms with Gasteiger partial charge in [-0.1, -0.05) is 12.1 Å². The number of amidine groups is 1. The van der Waals surface area contributed by atoms with E-state index in [0.717, 1.165) is 5.69 Å². The van der Waals surface area contributed by atoms with Gasteiger partial charge in [0.25, 0.3) is 0 Å². The molecule has 0 saturated carbocycles. The molecule has 1 aromatic carbocycles. The zero-order valence-corrected chi connectivity index (χ0v) is 15.6. The van der Waals surface area contributed by atoms with E-state index in [-0.39, 0.29) is 5.91 Å². The van der Waals surface area contributed by atoms with Crippen molar-refractivity contribution in [2.24, 2.45) is 9.98 Å². The van der Waals surface area contributed by atoms with E-state index in [1.165, 1.54) is 6.92 Å². The summed E-state index contributed by atoms with van der Waals surface area (Å²) in [6, 6.07) is 14.6. The van der Waals surface area contributed by atoms with Gasteiger partial charge in [-0.05, 0) is 30.3 Å². The van der Waals surface area contributed by atoms with Crippen LogP contribution in [0.5, 0.6) is 0 Å². The first kappa shape index (κ1) is 18.2. The second kappa shape index (κ2) is 7.82. The minimum Gasteiger partial charge on any atom is -0.341 e. The lowest BCUT2D eigenvalue weighted by molar-refractivity contribution is -0.114. The molecule has 2 aliphatic rings. The number of pyridine rings is 1. The zero-order valence-electron chi connectivity index (χ0n) is 15.6. The van der Waals surface area contributed by atoms with Crippen LogP contribution in [-0.2, 0) is 4.79 Å². The Balaban J connectivity index is 1.65. The first-order chi connectivity index (χ1) is 14.1. The van der Waals surface area contributed by atoms with E-state index in [1.54, 1.807) is 23.3 Å². The molecule has 9 heteroatoms. The van der Waals surface area contributed by atoms with Crippen LogP contribution in [0.4, 0.5) is 17.2 Å². The molecule has 1 unspecified atom stereocenters. The number of aliphatic imine (C=N–C) groups is 2. The van der Waals surface area contributed by atoms with Crippen molar-refractivity contribution in [2.45, 2.75) is 13.0 Å². The third-order valence-electron chi connectivity index (χ3n) is 4.20. The van der Waals surface area contributed by atoms with E-state index < -0.39 is 6.04 Å². The quantitative estimate of drug-likeness (QED) is 0.741. The van der Waals surface area contributed by atoms with E-state index in [9.17, 15) is 10.1 Å². The van der Waals surface area contributed by atoms with Crippen molar-refractivity contribution in [1.82, 2.24) is 15.4 Å². The Labute approximate surface area is 167 Å². The van der Waals surface area contributed by atoms with Crippen LogP contribution in [0.3, 0.4) is 0 Å². The second-order valence-electron chi connectivity index (χ2n) is 6.42. The summed E-state index contributed by atoms with van der Waals surface area (Å²) in [5.41, 5.74) is 5.22. The highest BCUT2D eigenvalue weighted by atomic mass is 16.1. The number of hydrogen-bond donors (Lipinski definition) is 3. The minimum atomic E-state index is -0.435. The van der Waals surface area contributed by atoms with Crippen molar-refractivity contribution in [3.63, 3.8) is 0 Å². The normalized spacial score (nSPS) is 18.8. The van der Waals surface area contributed by atoms with E-state index in [1.807, 2.05) is 36.4 Å². The van der Waals surface area contributed by atoms with Gasteiger partial charge in [-0.2, -0.15) is 5.26 Å². The molecule has 0 bridgehead atoms. The molecule has 3 N–H and O–H groups in total. The van der Waals surface area contributed by atoms with Crippen LogP contribution >= 0.6 is 0 Å². The number of carbonyl (C=O) groups is 1. The number of carbonyl (C=O) groups excluding carboxylic acids is 1. The number of hydrazine groups is 1. The van der Waals surface area contributed by atoms with Crippen molar-refractivity contribution in [1.29, 1.82) is 5.26 Å². The van der Waals surface area contributed by atoms with Crippen molar-refractivity contribution in [2.75, 3.05) is 17.2 Å². The summed E-state index contributed by atoms with van der Waals surface area (Å²) in [6.45, 7) is 1.82. The molecule has 0 aliphatic carbocycles. The minimum absolute atomic E-state index is 0.142. The van der Waals surface area contributed by atoms with Gasteiger partial charge in [0.05, 0.1) is 12.6 Å². The number of nitrogens with zero attached hydrogens (tertiary/aromatic N) is 5. The largest absolute Gasteiger partial charge is 0.341 e. The van der Waals surface area contributed by atoms with E-state index in [4.69, 9.17) is 0 Å². The van der Waals surface area contributed by atoms with Gasteiger partial charge in [0.2, 0.25) is 5.91 Å². The summed E-state index contributed by atoms with van der Waals surface area (Å²) < 4.78 is 0. The first-order valence-electron chi connectivity index (χ1n) is 8.99. The maximum absolute atomic E-state index is 11.3. The summed E-state index contributed by atoms with van der Waals surface area (Å²) in [4.78, 5) is 24.6. The molecule has 29 heavy (non-hydrogen) atoms. The molecule has 2 aliphatic heterocycles. The van der Waals surface area contributed by atoms with Gasteiger partial charge >= 0.3 is 0 Å². The van der Waals surface area contributed by atoms with Gasteiger partial charge in [0.15, 0.2) is 17.7 Å². The number of nitrogens with one attached hydrogen (secondary N) is 3. The van der Waals surface area contributed by atoms with Gasteiger partial charge in [-0.3, -0.25) is 15.2 Å². The molecule has 144 valence electrons. The lowest BCUT2D eigenvalue weighted by Crippen LogP contribution is -2.52. The summed E-state index contributed by atoms with van der Waals surface area (Å²) >= 11 is 0. The molecule has 0 spiro atoms.